The lowest BCUT2D eigenvalue weighted by Crippen LogP contribution is -2.04. The first-order chi connectivity index (χ1) is 14.2. The van der Waals surface area contributed by atoms with Gasteiger partial charge in [0.15, 0.2) is 0 Å². The van der Waals surface area contributed by atoms with Gasteiger partial charge in [0.1, 0.15) is 17.3 Å². The van der Waals surface area contributed by atoms with E-state index in [0.29, 0.717) is 6.61 Å². The molecule has 0 spiro atoms. The van der Waals surface area contributed by atoms with E-state index in [1.54, 1.807) is 6.26 Å². The lowest BCUT2D eigenvalue weighted by molar-refractivity contribution is 0.303. The molecule has 0 bridgehead atoms. The Morgan fingerprint density at radius 3 is 2.59 bits per heavy atom. The van der Waals surface area contributed by atoms with E-state index in [1.807, 2.05) is 30.4 Å². The van der Waals surface area contributed by atoms with E-state index in [9.17, 15) is 0 Å². The molecule has 148 valence electrons. The average Bonchev–Trinajstić information content (AvgIpc) is 3.33. The van der Waals surface area contributed by atoms with Crippen molar-refractivity contribution >= 4 is 23.2 Å². The number of unbranched alkanes of at least 4 members (excludes halogenated alkanes) is 1. The Balaban J connectivity index is 1.41. The highest BCUT2D eigenvalue weighted by Gasteiger charge is 2.08. The molecule has 0 unspecified atom stereocenters. The van der Waals surface area contributed by atoms with Gasteiger partial charge >= 0.3 is 0 Å². The van der Waals surface area contributed by atoms with E-state index < -0.39 is 0 Å². The zero-order valence-electron chi connectivity index (χ0n) is 17.0. The van der Waals surface area contributed by atoms with Crippen LogP contribution >= 0.6 is 0 Å². The lowest BCUT2D eigenvalue weighted by Gasteiger charge is -2.10. The summed E-state index contributed by atoms with van der Waals surface area (Å²) in [7, 11) is 0. The molecule has 2 aromatic carbocycles. The normalized spacial score (nSPS) is 11.5. The Labute approximate surface area is 171 Å². The van der Waals surface area contributed by atoms with E-state index in [4.69, 9.17) is 14.1 Å². The zero-order chi connectivity index (χ0) is 20.1. The van der Waals surface area contributed by atoms with Crippen molar-refractivity contribution in [1.82, 2.24) is 9.55 Å². The molecule has 4 heteroatoms. The molecule has 2 heterocycles. The van der Waals surface area contributed by atoms with Gasteiger partial charge in [-0.3, -0.25) is 0 Å². The van der Waals surface area contributed by atoms with E-state index in [-0.39, 0.29) is 0 Å². The third kappa shape index (κ3) is 4.77. The summed E-state index contributed by atoms with van der Waals surface area (Å²) in [6.07, 6.45) is 7.66. The highest BCUT2D eigenvalue weighted by atomic mass is 16.5. The van der Waals surface area contributed by atoms with Crippen LogP contribution in [0.5, 0.6) is 5.75 Å². The summed E-state index contributed by atoms with van der Waals surface area (Å²) >= 11 is 0. The Kier molecular flexibility index (Phi) is 5.80. The number of furan rings is 1. The van der Waals surface area contributed by atoms with Crippen molar-refractivity contribution in [2.24, 2.45) is 0 Å². The number of fused-ring (bicyclic) bond motifs is 1. The summed E-state index contributed by atoms with van der Waals surface area (Å²) in [5, 5.41) is 0. The van der Waals surface area contributed by atoms with Gasteiger partial charge in [-0.25, -0.2) is 4.98 Å². The molecule has 0 atom stereocenters. The first kappa shape index (κ1) is 19.1. The number of imidazole rings is 1. The molecule has 0 aliphatic heterocycles. The van der Waals surface area contributed by atoms with Crippen LogP contribution < -0.4 is 4.74 Å². The fraction of sp³-hybridized carbons (Fsp3) is 0.240. The molecule has 0 radical (unpaired) electrons. The minimum atomic E-state index is 0.715. The fourth-order valence-electron chi connectivity index (χ4n) is 3.58. The number of ether oxygens (including phenoxy) is 1. The number of aromatic nitrogens is 2. The summed E-state index contributed by atoms with van der Waals surface area (Å²) in [4.78, 5) is 4.78. The van der Waals surface area contributed by atoms with Crippen LogP contribution in [0.4, 0.5) is 0 Å². The summed E-state index contributed by atoms with van der Waals surface area (Å²) in [6, 6.07) is 18.4. The van der Waals surface area contributed by atoms with Gasteiger partial charge in [-0.15, -0.1) is 0 Å². The Morgan fingerprint density at radius 1 is 0.966 bits per heavy atom. The number of benzene rings is 2. The highest BCUT2D eigenvalue weighted by molar-refractivity contribution is 5.79. The van der Waals surface area contributed by atoms with Crippen molar-refractivity contribution < 1.29 is 9.15 Å². The topological polar surface area (TPSA) is 40.2 Å². The second-order valence-corrected chi connectivity index (χ2v) is 7.34. The van der Waals surface area contributed by atoms with Gasteiger partial charge in [-0.2, -0.15) is 0 Å². The van der Waals surface area contributed by atoms with Crippen molar-refractivity contribution in [3.05, 3.63) is 83.6 Å². The first-order valence-electron chi connectivity index (χ1n) is 10.1. The standard InChI is InChI=1S/C25H26N2O2/c1-19-16-20(2)18-22(17-19)29-14-6-5-13-27-24-10-4-3-9-23(24)26-25(27)12-11-21-8-7-15-28-21/h3-4,7-12,15-18H,5-6,13-14H2,1-2H3/b12-11+. The van der Waals surface area contributed by atoms with Crippen LogP contribution in [0.25, 0.3) is 23.2 Å². The quantitative estimate of drug-likeness (QED) is 0.335. The van der Waals surface area contributed by atoms with Crippen LogP contribution in [0, 0.1) is 13.8 Å². The monoisotopic (exact) mass is 386 g/mol. The van der Waals surface area contributed by atoms with E-state index in [1.165, 1.54) is 11.1 Å². The summed E-state index contributed by atoms with van der Waals surface area (Å²) in [6.45, 7) is 5.81. The largest absolute Gasteiger partial charge is 0.494 e. The maximum Gasteiger partial charge on any atom is 0.133 e. The predicted molar refractivity (Wildman–Crippen MR) is 118 cm³/mol. The zero-order valence-corrected chi connectivity index (χ0v) is 17.0. The first-order valence-corrected chi connectivity index (χ1v) is 10.1. The van der Waals surface area contributed by atoms with Gasteiger partial charge in [0.25, 0.3) is 0 Å². The minimum absolute atomic E-state index is 0.715. The number of aryl methyl sites for hydroxylation is 3. The van der Waals surface area contributed by atoms with Gasteiger partial charge in [-0.1, -0.05) is 18.2 Å². The Hall–Kier alpha value is -3.27. The second-order valence-electron chi connectivity index (χ2n) is 7.34. The van der Waals surface area contributed by atoms with Gasteiger partial charge < -0.3 is 13.7 Å². The van der Waals surface area contributed by atoms with E-state index >= 15 is 0 Å². The third-order valence-electron chi connectivity index (χ3n) is 4.86. The van der Waals surface area contributed by atoms with E-state index in [0.717, 1.165) is 47.8 Å². The van der Waals surface area contributed by atoms with Crippen LogP contribution in [0.1, 0.15) is 35.6 Å². The van der Waals surface area contributed by atoms with Crippen molar-refractivity contribution in [1.29, 1.82) is 0 Å². The van der Waals surface area contributed by atoms with Gasteiger partial charge in [-0.05, 0) is 86.4 Å². The van der Waals surface area contributed by atoms with Crippen LogP contribution in [0.3, 0.4) is 0 Å². The smallest absolute Gasteiger partial charge is 0.133 e. The fourth-order valence-corrected chi connectivity index (χ4v) is 3.58. The molecule has 29 heavy (non-hydrogen) atoms. The molecule has 0 saturated carbocycles. The SMILES string of the molecule is Cc1cc(C)cc(OCCCCn2c(/C=C/c3ccco3)nc3ccccc32)c1. The molecule has 0 aliphatic carbocycles. The number of hydrogen-bond acceptors (Lipinski definition) is 3. The van der Waals surface area contributed by atoms with Crippen molar-refractivity contribution in [3.8, 4) is 5.75 Å². The Bertz CT molecular complexity index is 1090. The molecule has 4 nitrogen and oxygen atoms in total. The van der Waals surface area contributed by atoms with Crippen molar-refractivity contribution in [2.45, 2.75) is 33.2 Å². The number of para-hydroxylation sites is 2. The molecular formula is C25H26N2O2. The molecule has 2 aromatic heterocycles. The maximum absolute atomic E-state index is 5.95. The number of hydrogen-bond donors (Lipinski definition) is 0. The van der Waals surface area contributed by atoms with Crippen molar-refractivity contribution in [2.75, 3.05) is 6.61 Å². The average molecular weight is 386 g/mol. The van der Waals surface area contributed by atoms with Crippen LogP contribution in [-0.4, -0.2) is 16.2 Å². The molecular weight excluding hydrogens is 360 g/mol. The molecule has 0 aliphatic rings. The molecule has 4 rings (SSSR count). The lowest BCUT2D eigenvalue weighted by atomic mass is 10.1. The number of rotatable bonds is 8. The van der Waals surface area contributed by atoms with E-state index in [2.05, 4.69) is 54.8 Å². The Morgan fingerprint density at radius 2 is 1.79 bits per heavy atom. The molecule has 0 N–H and O–H groups in total. The summed E-state index contributed by atoms with van der Waals surface area (Å²) in [5.41, 5.74) is 4.63. The van der Waals surface area contributed by atoms with Gasteiger partial charge in [0, 0.05) is 6.54 Å². The summed E-state index contributed by atoms with van der Waals surface area (Å²) < 4.78 is 13.6. The predicted octanol–water partition coefficient (Wildman–Crippen LogP) is 6.28. The molecule has 0 saturated heterocycles. The second kappa shape index (κ2) is 8.82. The summed E-state index contributed by atoms with van der Waals surface area (Å²) in [5.74, 6) is 2.72. The molecule has 0 fully saturated rings. The van der Waals surface area contributed by atoms with Gasteiger partial charge in [0.2, 0.25) is 0 Å². The van der Waals surface area contributed by atoms with Crippen LogP contribution in [0.2, 0.25) is 0 Å². The third-order valence-corrected chi connectivity index (χ3v) is 4.86. The maximum atomic E-state index is 5.95. The number of nitrogens with zero attached hydrogens (tertiary/aromatic N) is 2. The highest BCUT2D eigenvalue weighted by Crippen LogP contribution is 2.20. The van der Waals surface area contributed by atoms with Crippen molar-refractivity contribution in [3.63, 3.8) is 0 Å². The molecule has 4 aromatic rings. The minimum Gasteiger partial charge on any atom is -0.494 e. The van der Waals surface area contributed by atoms with Crippen LogP contribution in [0.15, 0.2) is 65.3 Å². The molecule has 0 amide bonds. The van der Waals surface area contributed by atoms with Crippen LogP contribution in [-0.2, 0) is 6.54 Å². The van der Waals surface area contributed by atoms with Gasteiger partial charge in [0.05, 0.1) is 23.9 Å².